The van der Waals surface area contributed by atoms with E-state index in [1.54, 1.807) is 18.3 Å². The molecular weight excluding hydrogens is 337 g/mol. The highest BCUT2D eigenvalue weighted by molar-refractivity contribution is 6.30. The van der Waals surface area contributed by atoms with E-state index in [9.17, 15) is 4.39 Å². The smallest absolute Gasteiger partial charge is 0.158 e. The van der Waals surface area contributed by atoms with Crippen LogP contribution in [0.3, 0.4) is 0 Å². The second-order valence-electron chi connectivity index (χ2n) is 5.27. The van der Waals surface area contributed by atoms with Gasteiger partial charge in [-0.15, -0.1) is 0 Å². The molecule has 0 aliphatic rings. The van der Waals surface area contributed by atoms with E-state index in [0.717, 1.165) is 16.9 Å². The number of ether oxygens (including phenoxy) is 1. The molecule has 1 heterocycles. The molecule has 2 nitrogen and oxygen atoms in total. The Morgan fingerprint density at radius 2 is 1.72 bits per heavy atom. The average Bonchev–Trinajstić information content (AvgIpc) is 2.63. The minimum absolute atomic E-state index is 0.117. The van der Waals surface area contributed by atoms with E-state index < -0.39 is 5.82 Å². The third-order valence-corrected chi connectivity index (χ3v) is 3.76. The van der Waals surface area contributed by atoms with E-state index in [0.29, 0.717) is 17.2 Å². The van der Waals surface area contributed by atoms with E-state index >= 15 is 0 Å². The molecule has 124 valence electrons. The Morgan fingerprint density at radius 3 is 2.36 bits per heavy atom. The Kier molecular flexibility index (Phi) is 5.33. The second kappa shape index (κ2) is 7.83. The maximum atomic E-state index is 14.3. The number of benzene rings is 2. The van der Waals surface area contributed by atoms with Gasteiger partial charge in [-0.2, -0.15) is 0 Å². The van der Waals surface area contributed by atoms with Crippen LogP contribution in [-0.2, 0) is 0 Å². The fourth-order valence-corrected chi connectivity index (χ4v) is 2.39. The van der Waals surface area contributed by atoms with Crippen LogP contribution in [-0.4, -0.2) is 11.6 Å². The summed E-state index contributed by atoms with van der Waals surface area (Å²) in [4.78, 5) is 4.13. The first-order chi connectivity index (χ1) is 12.2. The largest absolute Gasteiger partial charge is 0.494 e. The zero-order chi connectivity index (χ0) is 17.6. The van der Waals surface area contributed by atoms with Crippen LogP contribution in [0.4, 0.5) is 4.39 Å². The van der Waals surface area contributed by atoms with Crippen LogP contribution >= 0.6 is 11.6 Å². The summed E-state index contributed by atoms with van der Waals surface area (Å²) in [6.07, 6.45) is 1.61. The lowest BCUT2D eigenvalue weighted by molar-refractivity contribution is 0.340. The highest BCUT2D eigenvalue weighted by Gasteiger charge is 2.05. The molecule has 25 heavy (non-hydrogen) atoms. The van der Waals surface area contributed by atoms with Crippen LogP contribution < -0.4 is 4.74 Å². The van der Waals surface area contributed by atoms with Crippen molar-refractivity contribution in [3.63, 3.8) is 0 Å². The SMILES string of the molecule is CCOc1ccc(C#Cc2ncc(-c3ccc(Cl)cc3)cc2F)cc1. The monoisotopic (exact) mass is 351 g/mol. The predicted octanol–water partition coefficient (Wildman–Crippen LogP) is 5.34. The Bertz CT molecular complexity index is 925. The van der Waals surface area contributed by atoms with Gasteiger partial charge >= 0.3 is 0 Å². The van der Waals surface area contributed by atoms with Gasteiger partial charge in [0, 0.05) is 22.3 Å². The maximum absolute atomic E-state index is 14.3. The lowest BCUT2D eigenvalue weighted by Crippen LogP contribution is -1.92. The number of aromatic nitrogens is 1. The fraction of sp³-hybridized carbons (Fsp3) is 0.0952. The van der Waals surface area contributed by atoms with Crippen LogP contribution in [0.15, 0.2) is 60.8 Å². The van der Waals surface area contributed by atoms with Crippen molar-refractivity contribution >= 4 is 11.6 Å². The van der Waals surface area contributed by atoms with Gasteiger partial charge in [-0.3, -0.25) is 0 Å². The summed E-state index contributed by atoms with van der Waals surface area (Å²) < 4.78 is 19.6. The fourth-order valence-electron chi connectivity index (χ4n) is 2.26. The Hall–Kier alpha value is -2.83. The normalized spacial score (nSPS) is 10.0. The molecule has 4 heteroatoms. The van der Waals surface area contributed by atoms with E-state index in [1.807, 2.05) is 43.3 Å². The molecule has 1 aromatic heterocycles. The summed E-state index contributed by atoms with van der Waals surface area (Å²) in [6.45, 7) is 2.54. The third kappa shape index (κ3) is 4.37. The number of halogens is 2. The summed E-state index contributed by atoms with van der Waals surface area (Å²) in [5.41, 5.74) is 2.42. The van der Waals surface area contributed by atoms with Crippen molar-refractivity contribution in [2.45, 2.75) is 6.92 Å². The molecule has 0 fully saturated rings. The number of hydrogen-bond acceptors (Lipinski definition) is 2. The van der Waals surface area contributed by atoms with Crippen LogP contribution in [0, 0.1) is 17.7 Å². The summed E-state index contributed by atoms with van der Waals surface area (Å²) in [7, 11) is 0. The Morgan fingerprint density at radius 1 is 1.00 bits per heavy atom. The first kappa shape index (κ1) is 17.0. The molecule has 0 saturated carbocycles. The number of pyridine rings is 1. The van der Waals surface area contributed by atoms with E-state index in [4.69, 9.17) is 16.3 Å². The van der Waals surface area contributed by atoms with Crippen molar-refractivity contribution in [1.82, 2.24) is 4.98 Å². The van der Waals surface area contributed by atoms with Gasteiger partial charge in [0.1, 0.15) is 11.4 Å². The minimum Gasteiger partial charge on any atom is -0.494 e. The van der Waals surface area contributed by atoms with Gasteiger partial charge in [-0.1, -0.05) is 29.7 Å². The van der Waals surface area contributed by atoms with Crippen molar-refractivity contribution in [3.05, 3.63) is 82.9 Å². The number of nitrogens with zero attached hydrogens (tertiary/aromatic N) is 1. The molecule has 0 aliphatic carbocycles. The van der Waals surface area contributed by atoms with Gasteiger partial charge < -0.3 is 4.74 Å². The highest BCUT2D eigenvalue weighted by atomic mass is 35.5. The Balaban J connectivity index is 1.81. The summed E-state index contributed by atoms with van der Waals surface area (Å²) in [6, 6.07) is 15.9. The van der Waals surface area contributed by atoms with E-state index in [2.05, 4.69) is 16.8 Å². The third-order valence-electron chi connectivity index (χ3n) is 3.51. The van der Waals surface area contributed by atoms with Crippen molar-refractivity contribution < 1.29 is 9.13 Å². The highest BCUT2D eigenvalue weighted by Crippen LogP contribution is 2.22. The standard InChI is InChI=1S/C21H15ClFNO/c1-2-25-19-10-3-15(4-11-19)5-12-21-20(23)13-17(14-24-21)16-6-8-18(22)9-7-16/h3-4,6-11,13-14H,2H2,1H3. The van der Waals surface area contributed by atoms with Crippen molar-refractivity contribution in [3.8, 4) is 28.7 Å². The summed E-state index contributed by atoms with van der Waals surface area (Å²) in [5.74, 6) is 6.01. The van der Waals surface area contributed by atoms with Gasteiger partial charge in [-0.25, -0.2) is 9.37 Å². The van der Waals surface area contributed by atoms with Crippen molar-refractivity contribution in [1.29, 1.82) is 0 Å². The van der Waals surface area contributed by atoms with Crippen LogP contribution in [0.1, 0.15) is 18.2 Å². The summed E-state index contributed by atoms with van der Waals surface area (Å²) in [5, 5.41) is 0.634. The average molecular weight is 352 g/mol. The molecule has 0 unspecified atom stereocenters. The van der Waals surface area contributed by atoms with Crippen LogP contribution in [0.2, 0.25) is 5.02 Å². The predicted molar refractivity (Wildman–Crippen MR) is 98.2 cm³/mol. The minimum atomic E-state index is -0.453. The zero-order valence-corrected chi connectivity index (χ0v) is 14.3. The zero-order valence-electron chi connectivity index (χ0n) is 13.6. The molecule has 0 spiro atoms. The number of hydrogen-bond donors (Lipinski definition) is 0. The van der Waals surface area contributed by atoms with Gasteiger partial charge in [0.15, 0.2) is 5.82 Å². The van der Waals surface area contributed by atoms with Gasteiger partial charge in [-0.05, 0) is 60.9 Å². The maximum Gasteiger partial charge on any atom is 0.158 e. The first-order valence-corrected chi connectivity index (χ1v) is 8.20. The quantitative estimate of drug-likeness (QED) is 0.594. The van der Waals surface area contributed by atoms with Crippen LogP contribution in [0.25, 0.3) is 11.1 Å². The molecule has 3 aromatic rings. The molecule has 0 saturated heterocycles. The molecule has 2 aromatic carbocycles. The molecule has 0 atom stereocenters. The molecule has 0 amide bonds. The second-order valence-corrected chi connectivity index (χ2v) is 5.71. The Labute approximate surface area is 151 Å². The lowest BCUT2D eigenvalue weighted by Gasteiger charge is -2.03. The lowest BCUT2D eigenvalue weighted by atomic mass is 10.1. The van der Waals surface area contributed by atoms with Crippen molar-refractivity contribution in [2.75, 3.05) is 6.61 Å². The van der Waals surface area contributed by atoms with E-state index in [-0.39, 0.29) is 5.69 Å². The molecule has 3 rings (SSSR count). The number of rotatable bonds is 3. The first-order valence-electron chi connectivity index (χ1n) is 7.82. The van der Waals surface area contributed by atoms with Crippen molar-refractivity contribution in [2.24, 2.45) is 0 Å². The van der Waals surface area contributed by atoms with Gasteiger partial charge in [0.2, 0.25) is 0 Å². The topological polar surface area (TPSA) is 22.1 Å². The molecule has 0 aliphatic heterocycles. The molecule has 0 bridgehead atoms. The molecule has 0 radical (unpaired) electrons. The van der Waals surface area contributed by atoms with Gasteiger partial charge in [0.25, 0.3) is 0 Å². The molecular formula is C21H15ClFNO. The molecule has 0 N–H and O–H groups in total. The van der Waals surface area contributed by atoms with Gasteiger partial charge in [0.05, 0.1) is 6.61 Å². The summed E-state index contributed by atoms with van der Waals surface area (Å²) >= 11 is 5.87. The van der Waals surface area contributed by atoms with E-state index in [1.165, 1.54) is 6.07 Å². The van der Waals surface area contributed by atoms with Crippen LogP contribution in [0.5, 0.6) is 5.75 Å².